The molecule has 36 nitrogen and oxygen atoms in total. The van der Waals surface area contributed by atoms with Crippen LogP contribution in [0.5, 0.6) is 11.5 Å². The Labute approximate surface area is 597 Å². The summed E-state index contributed by atoms with van der Waals surface area (Å²) in [6.45, 7) is -9.47. The highest BCUT2D eigenvalue weighted by atomic mass is 32.2. The number of rotatable bonds is 23. The summed E-state index contributed by atoms with van der Waals surface area (Å²) >= 11 is 0.962. The predicted octanol–water partition coefficient (Wildman–Crippen LogP) is -5.47. The van der Waals surface area contributed by atoms with Gasteiger partial charge in [0.15, 0.2) is 5.78 Å². The van der Waals surface area contributed by atoms with Gasteiger partial charge < -0.3 is 86.3 Å². The molecule has 103 heavy (non-hydrogen) atoms. The van der Waals surface area contributed by atoms with Crippen LogP contribution in [0.25, 0.3) is 0 Å². The van der Waals surface area contributed by atoms with Crippen LogP contribution in [0.1, 0.15) is 62.4 Å². The molecule has 560 valence electrons. The van der Waals surface area contributed by atoms with E-state index in [0.29, 0.717) is 16.7 Å². The van der Waals surface area contributed by atoms with Gasteiger partial charge in [-0.05, 0) is 62.1 Å². The zero-order valence-corrected chi connectivity index (χ0v) is 58.3. The Hall–Kier alpha value is -9.79. The van der Waals surface area contributed by atoms with Crippen LogP contribution in [0, 0.1) is 0 Å². The maximum absolute atomic E-state index is 15.2. The van der Waals surface area contributed by atoms with Gasteiger partial charge in [0.2, 0.25) is 70.9 Å². The molecule has 12 amide bonds. The molecular formula is C66H90N16O20S. The number of allylic oxidation sites excluding steroid dienone is 1. The lowest BCUT2D eigenvalue weighted by molar-refractivity contribution is -0.149. The molecule has 0 spiro atoms. The minimum absolute atomic E-state index is 0.0124. The number of fused-ring (bicyclic) bond motifs is 2. The van der Waals surface area contributed by atoms with E-state index in [9.17, 15) is 83.1 Å². The van der Waals surface area contributed by atoms with Gasteiger partial charge in [0, 0.05) is 102 Å². The van der Waals surface area contributed by atoms with E-state index in [2.05, 4.69) is 15.6 Å². The summed E-state index contributed by atoms with van der Waals surface area (Å²) in [6, 6.07) is 11.1. The second kappa shape index (κ2) is 39.0. The standard InChI is InChI=1S/C66H90N16O20S/c1-43-31-81(56(92)28-51(43)89)65-27-50(52(42-85)102-65)82-33-47(70-71-82)32-79-41-63(99)73(17-12-46-5-9-49(88)10-6-46)35-59(95)75(20-15-68)38-61(97)76(21-24-83)39-62(98)78(34-54(90)69-30-44(2)86)23-26-103-53-29-57(93)80(66(53)101)18-13-55(91)74(19-14-67)37-58(94)72(16-11-45-3-7-48(87)8-4-45)36-60(96)77(22-25-84)40-64(79)100/h3-10,31,33,50,52-53,65,83-85,87-88H,11-30,32,34-42,67-68H2,1-2H3,(H,69,90). The number of phenolic OH excluding ortho intramolecular Hbond substituents is 2. The van der Waals surface area contributed by atoms with Crippen LogP contribution in [-0.2, 0) is 91.2 Å². The number of carbonyl (C=O) groups excluding carboxylic acids is 14. The predicted molar refractivity (Wildman–Crippen MR) is 363 cm³/mol. The smallest absolute Gasteiger partial charge is 0.243 e. The number of phenols is 2. The van der Waals surface area contributed by atoms with Crippen molar-refractivity contribution in [2.75, 3.05) is 150 Å². The SMILES string of the molecule is CC(=O)CNC(=O)CN1CCSC2CC(=O)N(CCC(=O)N(CCN)CC(=O)N(CCc3ccc(O)cc3)CC(=O)N(CCO)CC(=O)N(Cc3cn(C4CC(N5C=C(C)C(=O)CC5=O)OC4CO)nn3)CC(=O)N(CCc3ccc(O)cc3)CC(=O)N(CCN)CC(=O)N(CCO)CC1=O)C2=O. The minimum Gasteiger partial charge on any atom is -0.508 e. The summed E-state index contributed by atoms with van der Waals surface area (Å²) in [7, 11) is 0. The maximum Gasteiger partial charge on any atom is 0.243 e. The number of hydrogen-bond donors (Lipinski definition) is 8. The summed E-state index contributed by atoms with van der Waals surface area (Å²) in [6.07, 6.45) is -0.252. The fourth-order valence-electron chi connectivity index (χ4n) is 11.7. The molecule has 4 atom stereocenters. The fourth-order valence-corrected chi connectivity index (χ4v) is 12.8. The first-order valence-corrected chi connectivity index (χ1v) is 34.6. The molecule has 0 saturated carbocycles. The molecule has 4 unspecified atom stereocenters. The van der Waals surface area contributed by atoms with E-state index in [-0.39, 0.29) is 107 Å². The third-order valence-corrected chi connectivity index (χ3v) is 18.7. The number of thioether (sulfide) groups is 1. The van der Waals surface area contributed by atoms with Crippen molar-refractivity contribution >= 4 is 94.2 Å². The van der Waals surface area contributed by atoms with Gasteiger partial charge in [0.1, 0.15) is 41.9 Å². The Bertz CT molecular complexity index is 3600. The van der Waals surface area contributed by atoms with Crippen molar-refractivity contribution in [2.24, 2.45) is 11.5 Å². The molecule has 2 bridgehead atoms. The van der Waals surface area contributed by atoms with E-state index in [1.165, 1.54) is 53.2 Å². The van der Waals surface area contributed by atoms with Crippen LogP contribution >= 0.6 is 11.8 Å². The van der Waals surface area contributed by atoms with Crippen LogP contribution < -0.4 is 16.8 Å². The zero-order valence-electron chi connectivity index (χ0n) is 57.5. The molecule has 2 aromatic carbocycles. The number of carbonyl (C=O) groups is 14. The molecule has 0 aliphatic carbocycles. The number of hydrogen-bond acceptors (Lipinski definition) is 25. The number of amides is 12. The number of aromatic hydroxyl groups is 2. The quantitative estimate of drug-likeness (QED) is 0.0324. The van der Waals surface area contributed by atoms with Crippen molar-refractivity contribution in [3.05, 3.63) is 83.3 Å². The van der Waals surface area contributed by atoms with Crippen molar-refractivity contribution < 1.29 is 97.4 Å². The number of aliphatic hydroxyl groups is 3. The highest BCUT2D eigenvalue weighted by Crippen LogP contribution is 2.34. The van der Waals surface area contributed by atoms with Crippen LogP contribution in [0.4, 0.5) is 0 Å². The van der Waals surface area contributed by atoms with E-state index in [4.69, 9.17) is 16.2 Å². The number of ketones is 2. The second-order valence-corrected chi connectivity index (χ2v) is 26.3. The van der Waals surface area contributed by atoms with E-state index in [1.807, 2.05) is 0 Å². The number of Topliss-reactive ketones (excluding diaryl/α,β-unsaturated/α-hetero) is 2. The molecule has 37 heteroatoms. The molecular weight excluding hydrogens is 1370 g/mol. The number of imide groups is 1. The normalized spacial score (nSPS) is 20.8. The van der Waals surface area contributed by atoms with Gasteiger partial charge in [-0.3, -0.25) is 76.9 Å². The molecule has 4 aliphatic heterocycles. The monoisotopic (exact) mass is 1460 g/mol. The number of aromatic nitrogens is 3. The topological polar surface area (TPSA) is 477 Å². The summed E-state index contributed by atoms with van der Waals surface area (Å²) in [5.74, 6) is -10.5. The molecule has 3 aromatic rings. The first kappa shape index (κ1) is 80.5. The van der Waals surface area contributed by atoms with E-state index >= 15 is 9.59 Å². The fraction of sp³-hybridized carbons (Fsp3) is 0.545. The number of ether oxygens (including phenoxy) is 1. The minimum atomic E-state index is -1.02. The number of benzene rings is 2. The van der Waals surface area contributed by atoms with Crippen molar-refractivity contribution in [3.63, 3.8) is 0 Å². The van der Waals surface area contributed by atoms with Crippen LogP contribution in [-0.4, -0.2) is 339 Å². The lowest BCUT2D eigenvalue weighted by atomic mass is 10.1. The van der Waals surface area contributed by atoms with Gasteiger partial charge in [0.25, 0.3) is 0 Å². The van der Waals surface area contributed by atoms with Gasteiger partial charge >= 0.3 is 0 Å². The van der Waals surface area contributed by atoms with Gasteiger partial charge in [0.05, 0.1) is 103 Å². The zero-order chi connectivity index (χ0) is 75.0. The second-order valence-electron chi connectivity index (χ2n) is 25.0. The van der Waals surface area contributed by atoms with Crippen molar-refractivity contribution in [1.29, 1.82) is 0 Å². The Morgan fingerprint density at radius 1 is 0.602 bits per heavy atom. The van der Waals surface area contributed by atoms with Crippen molar-refractivity contribution in [1.82, 2.24) is 69.3 Å². The number of nitrogens with two attached hydrogens (primary N) is 2. The molecule has 1 aromatic heterocycles. The van der Waals surface area contributed by atoms with Crippen molar-refractivity contribution in [3.8, 4) is 11.5 Å². The Balaban J connectivity index is 1.27. The van der Waals surface area contributed by atoms with Gasteiger partial charge in [-0.15, -0.1) is 16.9 Å². The highest BCUT2D eigenvalue weighted by molar-refractivity contribution is 8.00. The molecule has 0 radical (unpaired) electrons. The summed E-state index contributed by atoms with van der Waals surface area (Å²) < 4.78 is 7.42. The molecule has 10 N–H and O–H groups in total. The third kappa shape index (κ3) is 23.4. The van der Waals surface area contributed by atoms with Crippen LogP contribution in [0.15, 0.2) is 66.5 Å². The first-order chi connectivity index (χ1) is 49.2. The van der Waals surface area contributed by atoms with Crippen LogP contribution in [0.2, 0.25) is 0 Å². The first-order valence-electron chi connectivity index (χ1n) is 33.5. The van der Waals surface area contributed by atoms with E-state index < -0.39 is 211 Å². The van der Waals surface area contributed by atoms with E-state index in [0.717, 1.165) is 55.9 Å². The molecule has 7 rings (SSSR count). The van der Waals surface area contributed by atoms with Gasteiger partial charge in [-0.25, -0.2) is 4.68 Å². The largest absolute Gasteiger partial charge is 0.508 e. The number of nitrogens with zero attached hydrogens (tertiary/aromatic N) is 13. The summed E-state index contributed by atoms with van der Waals surface area (Å²) in [5, 5.41) is 61.4. The molecule has 3 fully saturated rings. The number of aliphatic hydroxyl groups excluding tert-OH is 3. The highest BCUT2D eigenvalue weighted by Gasteiger charge is 2.43. The van der Waals surface area contributed by atoms with Gasteiger partial charge in [-0.1, -0.05) is 29.5 Å². The molecule has 5 heterocycles. The summed E-state index contributed by atoms with van der Waals surface area (Å²) in [5.41, 5.74) is 13.5. The summed E-state index contributed by atoms with van der Waals surface area (Å²) in [4.78, 5) is 206. The maximum atomic E-state index is 15.2. The van der Waals surface area contributed by atoms with E-state index in [1.54, 1.807) is 31.2 Å². The van der Waals surface area contributed by atoms with Gasteiger partial charge in [-0.2, -0.15) is 0 Å². The lowest BCUT2D eigenvalue weighted by Crippen LogP contribution is -2.53. The average molecular weight is 1460 g/mol. The third-order valence-electron chi connectivity index (χ3n) is 17.5. The Kier molecular flexibility index (Phi) is 30.5. The lowest BCUT2D eigenvalue weighted by Gasteiger charge is -2.32. The number of nitrogens with one attached hydrogen (secondary N) is 1. The Morgan fingerprint density at radius 3 is 1.57 bits per heavy atom. The van der Waals surface area contributed by atoms with Crippen molar-refractivity contribution in [2.45, 2.75) is 82.5 Å². The molecule has 4 aliphatic rings. The van der Waals surface area contributed by atoms with Crippen LogP contribution in [0.3, 0.4) is 0 Å². The Morgan fingerprint density at radius 2 is 1.08 bits per heavy atom. The number of β-amino-alcohol motifs (C(OH)–C–C–N with tert-alkyl or cyclic N) is 2. The average Bonchev–Trinajstić information content (AvgIpc) is 1.67. The molecule has 3 saturated heterocycles.